The maximum atomic E-state index is 13.2. The topological polar surface area (TPSA) is 67.2 Å². The second-order valence-corrected chi connectivity index (χ2v) is 5.39. The predicted octanol–water partition coefficient (Wildman–Crippen LogP) is 4.14. The van der Waals surface area contributed by atoms with Crippen LogP contribution in [-0.2, 0) is 6.54 Å². The van der Waals surface area contributed by atoms with Gasteiger partial charge in [-0.15, -0.1) is 0 Å². The molecule has 0 aliphatic heterocycles. The van der Waals surface area contributed by atoms with Crippen LogP contribution in [0.4, 0.5) is 15.8 Å². The number of carbonyl (C=O) groups excluding carboxylic acids is 1. The third-order valence-electron chi connectivity index (χ3n) is 3.21. The van der Waals surface area contributed by atoms with Gasteiger partial charge in [0.25, 0.3) is 5.91 Å². The Balaban J connectivity index is 1.68. The molecule has 0 fully saturated rings. The lowest BCUT2D eigenvalue weighted by Gasteiger charge is -2.09. The molecule has 24 heavy (non-hydrogen) atoms. The summed E-state index contributed by atoms with van der Waals surface area (Å²) in [5.41, 5.74) is 1.57. The molecule has 7 heteroatoms. The van der Waals surface area contributed by atoms with Crippen LogP contribution >= 0.6 is 11.6 Å². The second-order valence-electron chi connectivity index (χ2n) is 4.98. The van der Waals surface area contributed by atoms with Gasteiger partial charge >= 0.3 is 0 Å². The van der Waals surface area contributed by atoms with Crippen molar-refractivity contribution in [1.29, 1.82) is 0 Å². The van der Waals surface area contributed by atoms with Crippen LogP contribution in [-0.4, -0.2) is 10.9 Å². The highest BCUT2D eigenvalue weighted by Gasteiger charge is 2.08. The van der Waals surface area contributed by atoms with E-state index in [4.69, 9.17) is 16.0 Å². The molecule has 2 aromatic heterocycles. The minimum Gasteiger partial charge on any atom is -0.467 e. The Morgan fingerprint density at radius 1 is 1.21 bits per heavy atom. The van der Waals surface area contributed by atoms with Crippen LogP contribution in [0.3, 0.4) is 0 Å². The minimum atomic E-state index is -0.494. The number of carbonyl (C=O) groups is 1. The number of halogens is 2. The van der Waals surface area contributed by atoms with Gasteiger partial charge in [0.15, 0.2) is 0 Å². The zero-order valence-electron chi connectivity index (χ0n) is 12.4. The van der Waals surface area contributed by atoms with Crippen molar-refractivity contribution >= 4 is 28.9 Å². The number of nitrogens with zero attached hydrogens (tertiary/aromatic N) is 1. The van der Waals surface area contributed by atoms with Gasteiger partial charge in [0, 0.05) is 11.9 Å². The minimum absolute atomic E-state index is 0.0142. The molecule has 1 amide bonds. The Labute approximate surface area is 142 Å². The van der Waals surface area contributed by atoms with Crippen LogP contribution < -0.4 is 10.6 Å². The molecule has 2 heterocycles. The number of aromatic nitrogens is 1. The molecule has 0 saturated carbocycles. The molecule has 0 saturated heterocycles. The molecule has 5 nitrogen and oxygen atoms in total. The summed E-state index contributed by atoms with van der Waals surface area (Å²) >= 11 is 5.75. The van der Waals surface area contributed by atoms with E-state index in [9.17, 15) is 9.18 Å². The van der Waals surface area contributed by atoms with Gasteiger partial charge in [-0.25, -0.2) is 4.39 Å². The molecular formula is C17H13ClFN3O2. The average molecular weight is 346 g/mol. The molecule has 0 bridgehead atoms. The summed E-state index contributed by atoms with van der Waals surface area (Å²) < 4.78 is 18.3. The van der Waals surface area contributed by atoms with E-state index in [2.05, 4.69) is 15.6 Å². The molecule has 3 aromatic rings. The van der Waals surface area contributed by atoms with E-state index in [0.717, 1.165) is 0 Å². The van der Waals surface area contributed by atoms with E-state index >= 15 is 0 Å². The second kappa shape index (κ2) is 7.14. The number of amides is 1. The highest BCUT2D eigenvalue weighted by Crippen LogP contribution is 2.22. The summed E-state index contributed by atoms with van der Waals surface area (Å²) in [6, 6.07) is 9.43. The number of pyridine rings is 1. The molecule has 1 aromatic carbocycles. The number of furan rings is 1. The lowest BCUT2D eigenvalue weighted by atomic mass is 10.2. The summed E-state index contributed by atoms with van der Waals surface area (Å²) in [7, 11) is 0. The van der Waals surface area contributed by atoms with E-state index < -0.39 is 5.82 Å². The number of rotatable bonds is 5. The van der Waals surface area contributed by atoms with E-state index in [1.807, 2.05) is 0 Å². The molecule has 0 aliphatic carbocycles. The largest absolute Gasteiger partial charge is 0.467 e. The first-order valence-corrected chi connectivity index (χ1v) is 7.47. The third-order valence-corrected chi connectivity index (χ3v) is 3.50. The SMILES string of the molecule is O=C(NCc1ccco1)c1cncc(Nc2ccc(F)c(Cl)c2)c1. The Bertz CT molecular complexity index is 853. The molecule has 0 atom stereocenters. The monoisotopic (exact) mass is 345 g/mol. The van der Waals surface area contributed by atoms with Gasteiger partial charge in [0.2, 0.25) is 0 Å². The Morgan fingerprint density at radius 2 is 2.08 bits per heavy atom. The maximum absolute atomic E-state index is 13.2. The van der Waals surface area contributed by atoms with Crippen LogP contribution in [0.5, 0.6) is 0 Å². The first-order chi connectivity index (χ1) is 11.6. The molecular weight excluding hydrogens is 333 g/mol. The summed E-state index contributed by atoms with van der Waals surface area (Å²) in [5, 5.41) is 5.78. The molecule has 0 spiro atoms. The fourth-order valence-corrected chi connectivity index (χ4v) is 2.24. The smallest absolute Gasteiger partial charge is 0.253 e. The lowest BCUT2D eigenvalue weighted by molar-refractivity contribution is 0.0947. The van der Waals surface area contributed by atoms with Crippen LogP contribution in [0.2, 0.25) is 5.02 Å². The van der Waals surface area contributed by atoms with E-state index in [0.29, 0.717) is 22.7 Å². The number of hydrogen-bond acceptors (Lipinski definition) is 4. The van der Waals surface area contributed by atoms with Gasteiger partial charge in [-0.05, 0) is 36.4 Å². The van der Waals surface area contributed by atoms with Crippen molar-refractivity contribution in [3.05, 3.63) is 77.2 Å². The summed E-state index contributed by atoms with van der Waals surface area (Å²) in [6.45, 7) is 0.289. The fourth-order valence-electron chi connectivity index (χ4n) is 2.06. The van der Waals surface area contributed by atoms with Crippen molar-refractivity contribution in [3.8, 4) is 0 Å². The third kappa shape index (κ3) is 3.91. The highest BCUT2D eigenvalue weighted by molar-refractivity contribution is 6.31. The zero-order chi connectivity index (χ0) is 16.9. The number of nitrogens with one attached hydrogen (secondary N) is 2. The van der Waals surface area contributed by atoms with Crippen molar-refractivity contribution in [3.63, 3.8) is 0 Å². The first kappa shape index (κ1) is 16.0. The summed E-state index contributed by atoms with van der Waals surface area (Å²) in [6.07, 6.45) is 4.56. The summed E-state index contributed by atoms with van der Waals surface area (Å²) in [5.74, 6) is -0.113. The van der Waals surface area contributed by atoms with Crippen LogP contribution in [0.15, 0.2) is 59.5 Å². The van der Waals surface area contributed by atoms with Gasteiger partial charge in [0.1, 0.15) is 11.6 Å². The van der Waals surface area contributed by atoms with E-state index in [-0.39, 0.29) is 17.5 Å². The predicted molar refractivity (Wildman–Crippen MR) is 88.8 cm³/mol. The van der Waals surface area contributed by atoms with Crippen LogP contribution in [0, 0.1) is 5.82 Å². The Hall–Kier alpha value is -2.86. The van der Waals surface area contributed by atoms with Crippen molar-refractivity contribution in [2.45, 2.75) is 6.54 Å². The van der Waals surface area contributed by atoms with Gasteiger partial charge in [-0.1, -0.05) is 11.6 Å². The van der Waals surface area contributed by atoms with E-state index in [1.54, 1.807) is 36.7 Å². The molecule has 3 rings (SSSR count). The van der Waals surface area contributed by atoms with E-state index in [1.165, 1.54) is 18.3 Å². The summed E-state index contributed by atoms with van der Waals surface area (Å²) in [4.78, 5) is 16.2. The fraction of sp³-hybridized carbons (Fsp3) is 0.0588. The van der Waals surface area contributed by atoms with Crippen LogP contribution in [0.25, 0.3) is 0 Å². The quantitative estimate of drug-likeness (QED) is 0.729. The van der Waals surface area contributed by atoms with Gasteiger partial charge in [0.05, 0.1) is 35.3 Å². The van der Waals surface area contributed by atoms with Gasteiger partial charge in [-0.2, -0.15) is 0 Å². The van der Waals surface area contributed by atoms with Gasteiger partial charge in [-0.3, -0.25) is 9.78 Å². The lowest BCUT2D eigenvalue weighted by Crippen LogP contribution is -2.22. The Morgan fingerprint density at radius 3 is 2.83 bits per heavy atom. The normalized spacial score (nSPS) is 10.4. The zero-order valence-corrected chi connectivity index (χ0v) is 13.2. The number of benzene rings is 1. The molecule has 2 N–H and O–H groups in total. The Kier molecular flexibility index (Phi) is 4.77. The maximum Gasteiger partial charge on any atom is 0.253 e. The van der Waals surface area contributed by atoms with Crippen molar-refractivity contribution < 1.29 is 13.6 Å². The average Bonchev–Trinajstić information content (AvgIpc) is 3.10. The highest BCUT2D eigenvalue weighted by atomic mass is 35.5. The molecule has 122 valence electrons. The standard InChI is InChI=1S/C17H13ClFN3O2/c18-15-7-12(3-4-16(15)19)22-13-6-11(8-20-9-13)17(23)21-10-14-2-1-5-24-14/h1-9,22H,10H2,(H,21,23). The number of anilines is 2. The van der Waals surface area contributed by atoms with Crippen molar-refractivity contribution in [2.24, 2.45) is 0 Å². The van der Waals surface area contributed by atoms with Crippen molar-refractivity contribution in [2.75, 3.05) is 5.32 Å². The van der Waals surface area contributed by atoms with Crippen molar-refractivity contribution in [1.82, 2.24) is 10.3 Å². The molecule has 0 radical (unpaired) electrons. The molecule has 0 aliphatic rings. The van der Waals surface area contributed by atoms with Crippen LogP contribution in [0.1, 0.15) is 16.1 Å². The number of hydrogen-bond donors (Lipinski definition) is 2. The van der Waals surface area contributed by atoms with Gasteiger partial charge < -0.3 is 15.1 Å². The molecule has 0 unspecified atom stereocenters. The first-order valence-electron chi connectivity index (χ1n) is 7.09.